The van der Waals surface area contributed by atoms with Gasteiger partial charge in [0.05, 0.1) is 22.7 Å². The highest BCUT2D eigenvalue weighted by Crippen LogP contribution is 2.28. The SMILES string of the molecule is Cc1cccn2cc(CC(=O)Nc3nc(-c4cccs4)cs3)nc12. The Hall–Kier alpha value is -2.51. The van der Waals surface area contributed by atoms with Crippen molar-refractivity contribution in [2.24, 2.45) is 0 Å². The van der Waals surface area contributed by atoms with E-state index in [2.05, 4.69) is 15.3 Å². The number of hydrogen-bond donors (Lipinski definition) is 1. The number of carbonyl (C=O) groups is 1. The Morgan fingerprint density at radius 2 is 2.17 bits per heavy atom. The number of nitrogens with zero attached hydrogens (tertiary/aromatic N) is 3. The number of carbonyl (C=O) groups excluding carboxylic acids is 1. The molecule has 0 aromatic carbocycles. The number of nitrogens with one attached hydrogen (secondary N) is 1. The van der Waals surface area contributed by atoms with Gasteiger partial charge in [-0.15, -0.1) is 22.7 Å². The predicted molar refractivity (Wildman–Crippen MR) is 97.7 cm³/mol. The summed E-state index contributed by atoms with van der Waals surface area (Å²) >= 11 is 3.07. The molecule has 4 rings (SSSR count). The molecule has 4 aromatic heterocycles. The zero-order valence-corrected chi connectivity index (χ0v) is 14.5. The van der Waals surface area contributed by atoms with Crippen LogP contribution in [0.5, 0.6) is 0 Å². The van der Waals surface area contributed by atoms with Crippen LogP contribution in [0.2, 0.25) is 0 Å². The fourth-order valence-electron chi connectivity index (χ4n) is 2.49. The Bertz CT molecular complexity index is 1000. The van der Waals surface area contributed by atoms with Gasteiger partial charge >= 0.3 is 0 Å². The maximum absolute atomic E-state index is 12.2. The summed E-state index contributed by atoms with van der Waals surface area (Å²) in [6.45, 7) is 2.01. The van der Waals surface area contributed by atoms with E-state index in [1.807, 2.05) is 58.7 Å². The number of hydrogen-bond acceptors (Lipinski definition) is 5. The lowest BCUT2D eigenvalue weighted by atomic mass is 10.3. The molecule has 0 saturated carbocycles. The summed E-state index contributed by atoms with van der Waals surface area (Å²) in [5.41, 5.74) is 3.62. The first-order valence-electron chi connectivity index (χ1n) is 7.41. The van der Waals surface area contributed by atoms with Crippen molar-refractivity contribution in [3.05, 3.63) is 58.7 Å². The van der Waals surface area contributed by atoms with Crippen LogP contribution >= 0.6 is 22.7 Å². The highest BCUT2D eigenvalue weighted by atomic mass is 32.1. The molecule has 0 atom stereocenters. The molecule has 5 nitrogen and oxygen atoms in total. The Kier molecular flexibility index (Phi) is 3.87. The van der Waals surface area contributed by atoms with Crippen molar-refractivity contribution in [2.75, 3.05) is 5.32 Å². The van der Waals surface area contributed by atoms with E-state index in [0.29, 0.717) is 5.13 Å². The lowest BCUT2D eigenvalue weighted by molar-refractivity contribution is -0.115. The van der Waals surface area contributed by atoms with Crippen LogP contribution < -0.4 is 5.32 Å². The second-order valence-corrected chi connectivity index (χ2v) is 7.20. The number of thiophene rings is 1. The van der Waals surface area contributed by atoms with E-state index in [0.717, 1.165) is 27.5 Å². The van der Waals surface area contributed by atoms with Gasteiger partial charge in [-0.3, -0.25) is 4.79 Å². The molecule has 0 unspecified atom stereocenters. The largest absolute Gasteiger partial charge is 0.307 e. The summed E-state index contributed by atoms with van der Waals surface area (Å²) in [5, 5.41) is 7.44. The van der Waals surface area contributed by atoms with Gasteiger partial charge in [0.2, 0.25) is 5.91 Å². The maximum Gasteiger partial charge on any atom is 0.232 e. The summed E-state index contributed by atoms with van der Waals surface area (Å²) in [5.74, 6) is -0.108. The third kappa shape index (κ3) is 2.95. The van der Waals surface area contributed by atoms with Gasteiger partial charge in [0.15, 0.2) is 5.13 Å². The third-order valence-corrected chi connectivity index (χ3v) is 5.24. The second-order valence-electron chi connectivity index (χ2n) is 5.39. The van der Waals surface area contributed by atoms with Crippen LogP contribution in [0.1, 0.15) is 11.3 Å². The summed E-state index contributed by atoms with van der Waals surface area (Å²) in [6, 6.07) is 7.98. The fraction of sp³-hybridized carbons (Fsp3) is 0.118. The molecule has 0 saturated heterocycles. The molecule has 1 N–H and O–H groups in total. The molecule has 1 amide bonds. The first-order chi connectivity index (χ1) is 11.7. The van der Waals surface area contributed by atoms with Gasteiger partial charge in [-0.25, -0.2) is 9.97 Å². The summed E-state index contributed by atoms with van der Waals surface area (Å²) in [4.78, 5) is 22.3. The minimum Gasteiger partial charge on any atom is -0.307 e. The summed E-state index contributed by atoms with van der Waals surface area (Å²) in [7, 11) is 0. The predicted octanol–water partition coefficient (Wildman–Crippen LogP) is 4.01. The zero-order valence-electron chi connectivity index (χ0n) is 12.9. The topological polar surface area (TPSA) is 59.3 Å². The zero-order chi connectivity index (χ0) is 16.5. The average molecular weight is 354 g/mol. The van der Waals surface area contributed by atoms with E-state index in [4.69, 9.17) is 0 Å². The van der Waals surface area contributed by atoms with E-state index in [9.17, 15) is 4.79 Å². The number of rotatable bonds is 4. The van der Waals surface area contributed by atoms with Crippen molar-refractivity contribution in [3.8, 4) is 10.6 Å². The number of thiazole rings is 1. The minimum absolute atomic E-state index is 0.108. The number of pyridine rings is 1. The number of anilines is 1. The average Bonchev–Trinajstić information content (AvgIpc) is 3.26. The standard InChI is InChI=1S/C17H14N4OS2/c1-11-4-2-6-21-9-12(18-16(11)21)8-15(22)20-17-19-13(10-24-17)14-5-3-7-23-14/h2-7,9-10H,8H2,1H3,(H,19,20,22). The first-order valence-corrected chi connectivity index (χ1v) is 9.17. The highest BCUT2D eigenvalue weighted by Gasteiger charge is 2.12. The Morgan fingerprint density at radius 3 is 2.96 bits per heavy atom. The molecule has 24 heavy (non-hydrogen) atoms. The van der Waals surface area contributed by atoms with Crippen LogP contribution in [0.4, 0.5) is 5.13 Å². The van der Waals surface area contributed by atoms with Gasteiger partial charge in [0.1, 0.15) is 5.65 Å². The molecular weight excluding hydrogens is 340 g/mol. The molecule has 120 valence electrons. The van der Waals surface area contributed by atoms with E-state index in [1.54, 1.807) is 11.3 Å². The van der Waals surface area contributed by atoms with Crippen LogP contribution in [-0.2, 0) is 11.2 Å². The molecular formula is C17H14N4OS2. The summed E-state index contributed by atoms with van der Waals surface area (Å²) < 4.78 is 1.94. The van der Waals surface area contributed by atoms with Crippen LogP contribution in [-0.4, -0.2) is 20.3 Å². The molecule has 0 spiro atoms. The van der Waals surface area contributed by atoms with Crippen molar-refractivity contribution < 1.29 is 4.79 Å². The smallest absolute Gasteiger partial charge is 0.232 e. The van der Waals surface area contributed by atoms with Gasteiger partial charge < -0.3 is 9.72 Å². The van der Waals surface area contributed by atoms with Crippen LogP contribution in [0, 0.1) is 6.92 Å². The number of aromatic nitrogens is 3. The van der Waals surface area contributed by atoms with E-state index < -0.39 is 0 Å². The second kappa shape index (κ2) is 6.18. The molecule has 7 heteroatoms. The molecule has 4 heterocycles. The molecule has 4 aromatic rings. The molecule has 0 aliphatic rings. The van der Waals surface area contributed by atoms with Gasteiger partial charge in [0, 0.05) is 17.8 Å². The Labute approximate surface area is 146 Å². The van der Waals surface area contributed by atoms with Crippen LogP contribution in [0.15, 0.2) is 47.4 Å². The number of aryl methyl sites for hydroxylation is 1. The number of amides is 1. The van der Waals surface area contributed by atoms with Crippen molar-refractivity contribution >= 4 is 39.4 Å². The van der Waals surface area contributed by atoms with Crippen molar-refractivity contribution in [1.82, 2.24) is 14.4 Å². The fourth-order valence-corrected chi connectivity index (χ4v) is 3.97. The van der Waals surface area contributed by atoms with Gasteiger partial charge in [-0.05, 0) is 30.0 Å². The van der Waals surface area contributed by atoms with E-state index in [1.165, 1.54) is 11.3 Å². The normalized spacial score (nSPS) is 11.0. The van der Waals surface area contributed by atoms with E-state index >= 15 is 0 Å². The number of imidazole rings is 1. The minimum atomic E-state index is -0.108. The lowest BCUT2D eigenvalue weighted by Gasteiger charge is -1.98. The Morgan fingerprint density at radius 1 is 1.25 bits per heavy atom. The van der Waals surface area contributed by atoms with Crippen molar-refractivity contribution in [1.29, 1.82) is 0 Å². The number of fused-ring (bicyclic) bond motifs is 1. The van der Waals surface area contributed by atoms with Gasteiger partial charge in [-0.1, -0.05) is 12.1 Å². The first kappa shape index (κ1) is 15.0. The van der Waals surface area contributed by atoms with Gasteiger partial charge in [-0.2, -0.15) is 0 Å². The molecule has 0 bridgehead atoms. The molecule has 0 radical (unpaired) electrons. The Balaban J connectivity index is 1.47. The molecule has 0 fully saturated rings. The molecule has 0 aliphatic carbocycles. The van der Waals surface area contributed by atoms with Gasteiger partial charge in [0.25, 0.3) is 0 Å². The summed E-state index contributed by atoms with van der Waals surface area (Å²) in [6.07, 6.45) is 4.06. The molecule has 0 aliphatic heterocycles. The van der Waals surface area contributed by atoms with Crippen LogP contribution in [0.3, 0.4) is 0 Å². The van der Waals surface area contributed by atoms with Crippen LogP contribution in [0.25, 0.3) is 16.2 Å². The quantitative estimate of drug-likeness (QED) is 0.602. The lowest BCUT2D eigenvalue weighted by Crippen LogP contribution is -2.14. The maximum atomic E-state index is 12.2. The van der Waals surface area contributed by atoms with E-state index in [-0.39, 0.29) is 12.3 Å². The third-order valence-electron chi connectivity index (χ3n) is 3.59. The van der Waals surface area contributed by atoms with Crippen molar-refractivity contribution in [2.45, 2.75) is 13.3 Å². The monoisotopic (exact) mass is 354 g/mol. The highest BCUT2D eigenvalue weighted by molar-refractivity contribution is 7.16. The van der Waals surface area contributed by atoms with Crippen molar-refractivity contribution in [3.63, 3.8) is 0 Å².